The lowest BCUT2D eigenvalue weighted by molar-refractivity contribution is -0.131. The highest BCUT2D eigenvalue weighted by molar-refractivity contribution is 5.78. The fourth-order valence-electron chi connectivity index (χ4n) is 0.505. The number of hydrogen-bond donors (Lipinski definition) is 1. The first-order chi connectivity index (χ1) is 5.18. The van der Waals surface area contributed by atoms with E-state index in [1.807, 2.05) is 5.32 Å². The monoisotopic (exact) mass is 167 g/mol. The number of methoxy groups -OCH3 is 1. The first-order valence-electron chi connectivity index (χ1n) is 3.23. The Morgan fingerprint density at radius 2 is 2.27 bits per heavy atom. The van der Waals surface area contributed by atoms with Crippen molar-refractivity contribution in [3.8, 4) is 0 Å². The number of hydrogen-bond acceptors (Lipinski definition) is 2. The molecule has 66 valence electrons. The molecule has 0 aliphatic rings. The summed E-state index contributed by atoms with van der Waals surface area (Å²) in [6.07, 6.45) is -2.37. The number of alkyl halides is 2. The normalized spacial score (nSPS) is 10.2. The fourth-order valence-corrected chi connectivity index (χ4v) is 0.505. The Hall–Kier alpha value is -0.710. The highest BCUT2D eigenvalue weighted by Crippen LogP contribution is 1.90. The molecule has 0 saturated heterocycles. The van der Waals surface area contributed by atoms with E-state index in [1.165, 1.54) is 7.11 Å². The van der Waals surface area contributed by atoms with Crippen LogP contribution in [0.3, 0.4) is 0 Å². The number of ether oxygens (including phenoxy) is 1. The van der Waals surface area contributed by atoms with Crippen LogP contribution < -0.4 is 5.32 Å². The van der Waals surface area contributed by atoms with Crippen LogP contribution in [0, 0.1) is 0 Å². The molecule has 0 bridgehead atoms. The highest BCUT2D eigenvalue weighted by Gasteiger charge is 2.12. The molecule has 5 heteroatoms. The standard InChI is InChI=1S/C6H11F2NO2/c1-11-4-2-3-9-6(10)5(7)8/h5H,2-4H2,1H3,(H,9,10). The maximum Gasteiger partial charge on any atom is 0.315 e. The Bertz CT molecular complexity index is 119. The van der Waals surface area contributed by atoms with Gasteiger partial charge in [-0.3, -0.25) is 4.79 Å². The Kier molecular flexibility index (Phi) is 5.64. The third kappa shape index (κ3) is 5.72. The third-order valence-electron chi connectivity index (χ3n) is 1.02. The van der Waals surface area contributed by atoms with Gasteiger partial charge in [-0.2, -0.15) is 8.78 Å². The van der Waals surface area contributed by atoms with Crippen molar-refractivity contribution in [2.45, 2.75) is 12.8 Å². The van der Waals surface area contributed by atoms with Gasteiger partial charge < -0.3 is 10.1 Å². The number of nitrogens with one attached hydrogen (secondary N) is 1. The topological polar surface area (TPSA) is 38.3 Å². The predicted octanol–water partition coefficient (Wildman–Crippen LogP) is 0.404. The van der Waals surface area contributed by atoms with Crippen molar-refractivity contribution in [2.24, 2.45) is 0 Å². The zero-order valence-electron chi connectivity index (χ0n) is 6.27. The molecule has 0 aliphatic carbocycles. The molecule has 0 spiro atoms. The molecule has 0 aromatic carbocycles. The molecular formula is C6H11F2NO2. The summed E-state index contributed by atoms with van der Waals surface area (Å²) in [5, 5.41) is 2.05. The lowest BCUT2D eigenvalue weighted by Gasteiger charge is -2.02. The van der Waals surface area contributed by atoms with Gasteiger partial charge in [0.1, 0.15) is 0 Å². The van der Waals surface area contributed by atoms with Crippen LogP contribution in [0.15, 0.2) is 0 Å². The minimum atomic E-state index is -2.92. The molecule has 0 aliphatic heterocycles. The smallest absolute Gasteiger partial charge is 0.315 e. The molecular weight excluding hydrogens is 156 g/mol. The van der Waals surface area contributed by atoms with E-state index >= 15 is 0 Å². The predicted molar refractivity (Wildman–Crippen MR) is 35.5 cm³/mol. The molecule has 0 unspecified atom stereocenters. The minimum absolute atomic E-state index is 0.233. The van der Waals surface area contributed by atoms with Crippen molar-refractivity contribution in [3.05, 3.63) is 0 Å². The van der Waals surface area contributed by atoms with Crippen LogP contribution in [0.5, 0.6) is 0 Å². The summed E-state index contributed by atoms with van der Waals surface area (Å²) in [5.41, 5.74) is 0. The second kappa shape index (κ2) is 6.03. The summed E-state index contributed by atoms with van der Waals surface area (Å²) in [7, 11) is 1.51. The maximum absolute atomic E-state index is 11.5. The zero-order valence-corrected chi connectivity index (χ0v) is 6.27. The SMILES string of the molecule is COCCCNC(=O)C(F)F. The molecule has 0 aromatic heterocycles. The van der Waals surface area contributed by atoms with E-state index in [4.69, 9.17) is 0 Å². The van der Waals surface area contributed by atoms with Gasteiger partial charge in [-0.1, -0.05) is 0 Å². The Balaban J connectivity index is 3.18. The van der Waals surface area contributed by atoms with Gasteiger partial charge in [-0.15, -0.1) is 0 Å². The van der Waals surface area contributed by atoms with Crippen molar-refractivity contribution in [3.63, 3.8) is 0 Å². The third-order valence-corrected chi connectivity index (χ3v) is 1.02. The van der Waals surface area contributed by atoms with Crippen molar-refractivity contribution in [2.75, 3.05) is 20.3 Å². The summed E-state index contributed by atoms with van der Waals surface area (Å²) in [6.45, 7) is 0.695. The second-order valence-electron chi connectivity index (χ2n) is 1.94. The second-order valence-corrected chi connectivity index (χ2v) is 1.94. The van der Waals surface area contributed by atoms with Crippen LogP contribution in [0.25, 0.3) is 0 Å². The molecule has 0 heterocycles. The first kappa shape index (κ1) is 10.3. The summed E-state index contributed by atoms with van der Waals surface area (Å²) < 4.78 is 27.6. The fraction of sp³-hybridized carbons (Fsp3) is 0.833. The largest absolute Gasteiger partial charge is 0.385 e. The van der Waals surface area contributed by atoms with E-state index in [0.29, 0.717) is 13.0 Å². The summed E-state index contributed by atoms with van der Waals surface area (Å²) in [4.78, 5) is 10.2. The van der Waals surface area contributed by atoms with Crippen LogP contribution in [0.4, 0.5) is 8.78 Å². The van der Waals surface area contributed by atoms with Crippen molar-refractivity contribution >= 4 is 5.91 Å². The number of halogens is 2. The van der Waals surface area contributed by atoms with Gasteiger partial charge in [0.05, 0.1) is 0 Å². The molecule has 0 fully saturated rings. The van der Waals surface area contributed by atoms with E-state index in [2.05, 4.69) is 4.74 Å². The highest BCUT2D eigenvalue weighted by atomic mass is 19.3. The summed E-state index contributed by atoms with van der Waals surface area (Å²) in [5.74, 6) is -1.22. The molecule has 0 atom stereocenters. The van der Waals surface area contributed by atoms with Crippen LogP contribution in [-0.4, -0.2) is 32.6 Å². The van der Waals surface area contributed by atoms with Crippen molar-refractivity contribution in [1.82, 2.24) is 5.32 Å². The maximum atomic E-state index is 11.5. The molecule has 0 rings (SSSR count). The number of rotatable bonds is 5. The first-order valence-corrected chi connectivity index (χ1v) is 3.23. The van der Waals surface area contributed by atoms with Crippen LogP contribution in [0.2, 0.25) is 0 Å². The molecule has 3 nitrogen and oxygen atoms in total. The van der Waals surface area contributed by atoms with Gasteiger partial charge in [0.25, 0.3) is 5.91 Å². The molecule has 0 radical (unpaired) electrons. The van der Waals surface area contributed by atoms with Gasteiger partial charge in [-0.05, 0) is 6.42 Å². The van der Waals surface area contributed by atoms with Gasteiger partial charge in [0.15, 0.2) is 0 Å². The molecule has 1 amide bonds. The molecule has 11 heavy (non-hydrogen) atoms. The van der Waals surface area contributed by atoms with Gasteiger partial charge >= 0.3 is 6.43 Å². The van der Waals surface area contributed by atoms with Crippen molar-refractivity contribution in [1.29, 1.82) is 0 Å². The number of amides is 1. The van der Waals surface area contributed by atoms with E-state index in [0.717, 1.165) is 0 Å². The van der Waals surface area contributed by atoms with Crippen LogP contribution >= 0.6 is 0 Å². The molecule has 0 aromatic rings. The minimum Gasteiger partial charge on any atom is -0.385 e. The Labute approximate surface area is 63.7 Å². The lowest BCUT2D eigenvalue weighted by atomic mass is 10.4. The molecule has 1 N–H and O–H groups in total. The van der Waals surface area contributed by atoms with Crippen LogP contribution in [-0.2, 0) is 9.53 Å². The summed E-state index contributed by atoms with van der Waals surface area (Å²) in [6, 6.07) is 0. The average molecular weight is 167 g/mol. The Morgan fingerprint density at radius 3 is 2.73 bits per heavy atom. The van der Waals surface area contributed by atoms with Gasteiger partial charge in [0, 0.05) is 20.3 Å². The zero-order chi connectivity index (χ0) is 8.69. The van der Waals surface area contributed by atoms with Crippen LogP contribution in [0.1, 0.15) is 6.42 Å². The average Bonchev–Trinajstić information content (AvgIpc) is 1.97. The molecule has 0 saturated carbocycles. The van der Waals surface area contributed by atoms with E-state index in [9.17, 15) is 13.6 Å². The van der Waals surface area contributed by atoms with Crippen molar-refractivity contribution < 1.29 is 18.3 Å². The van der Waals surface area contributed by atoms with Gasteiger partial charge in [-0.25, -0.2) is 0 Å². The van der Waals surface area contributed by atoms with E-state index in [1.54, 1.807) is 0 Å². The van der Waals surface area contributed by atoms with Gasteiger partial charge in [0.2, 0.25) is 0 Å². The Morgan fingerprint density at radius 1 is 1.64 bits per heavy atom. The number of carbonyl (C=O) groups excluding carboxylic acids is 1. The van der Waals surface area contributed by atoms with E-state index < -0.39 is 12.3 Å². The number of carbonyl (C=O) groups is 1. The quantitative estimate of drug-likeness (QED) is 0.602. The lowest BCUT2D eigenvalue weighted by Crippen LogP contribution is -2.30. The van der Waals surface area contributed by atoms with E-state index in [-0.39, 0.29) is 6.54 Å². The summed E-state index contributed by atoms with van der Waals surface area (Å²) >= 11 is 0.